The minimum Gasteiger partial charge on any atom is -0.477 e. The van der Waals surface area contributed by atoms with Gasteiger partial charge < -0.3 is 14.7 Å². The van der Waals surface area contributed by atoms with E-state index < -0.39 is 29.7 Å². The van der Waals surface area contributed by atoms with E-state index in [0.29, 0.717) is 37.3 Å². The number of nitrogens with zero attached hydrogens (tertiary/aromatic N) is 2. The molecule has 2 aromatic heterocycles. The molecule has 0 unspecified atom stereocenters. The normalized spacial score (nSPS) is 24.3. The molecule has 0 radical (unpaired) electrons. The number of aromatic carboxylic acids is 1. The molecule has 0 atom stereocenters. The minimum atomic E-state index is -4.57. The molecular formula is C29H37F3N2O4S. The maximum Gasteiger partial charge on any atom is 0.421 e. The summed E-state index contributed by atoms with van der Waals surface area (Å²) in [5, 5.41) is 10.1. The van der Waals surface area contributed by atoms with Crippen molar-refractivity contribution in [3.63, 3.8) is 0 Å². The second-order valence-electron chi connectivity index (χ2n) is 11.9. The first-order chi connectivity index (χ1) is 18.3. The van der Waals surface area contributed by atoms with Crippen molar-refractivity contribution >= 4 is 28.9 Å². The summed E-state index contributed by atoms with van der Waals surface area (Å²) in [7, 11) is 0. The van der Waals surface area contributed by atoms with Gasteiger partial charge in [-0.2, -0.15) is 13.2 Å². The van der Waals surface area contributed by atoms with Crippen LogP contribution in [0.25, 0.3) is 0 Å². The Labute approximate surface area is 231 Å². The maximum atomic E-state index is 14.0. The van der Waals surface area contributed by atoms with E-state index in [2.05, 4.69) is 11.9 Å². The number of hydrogen-bond donors (Lipinski definition) is 1. The first kappa shape index (κ1) is 29.4. The molecule has 0 saturated heterocycles. The van der Waals surface area contributed by atoms with E-state index in [4.69, 9.17) is 4.74 Å². The van der Waals surface area contributed by atoms with Crippen LogP contribution in [-0.2, 0) is 16.4 Å². The molecule has 2 aliphatic rings. The largest absolute Gasteiger partial charge is 0.477 e. The zero-order valence-corrected chi connectivity index (χ0v) is 23.7. The summed E-state index contributed by atoms with van der Waals surface area (Å²) in [5.41, 5.74) is -0.754. The molecular weight excluding hydrogens is 529 g/mol. The van der Waals surface area contributed by atoms with Gasteiger partial charge in [0, 0.05) is 23.0 Å². The summed E-state index contributed by atoms with van der Waals surface area (Å²) in [5.74, 6) is -1.15. The van der Waals surface area contributed by atoms with Gasteiger partial charge >= 0.3 is 12.1 Å². The van der Waals surface area contributed by atoms with E-state index in [-0.39, 0.29) is 28.2 Å². The van der Waals surface area contributed by atoms with E-state index in [1.807, 2.05) is 26.8 Å². The Balaban J connectivity index is 1.60. The van der Waals surface area contributed by atoms with Gasteiger partial charge in [-0.25, -0.2) is 9.78 Å². The number of carboxylic acid groups (broad SMARTS) is 1. The molecule has 0 spiro atoms. The number of carbonyl (C=O) groups is 2. The number of halogens is 3. The SMILES string of the molecule is CC(C)(C)c1cc(N(C(=O)[C@H]2CC[C@H](C)CC2)[C@H]2CC[C@H](Oc3ncccc3C(F)(F)F)CC2)c(C(=O)O)s1. The Bertz CT molecular complexity index is 1170. The molecule has 6 nitrogen and oxygen atoms in total. The summed E-state index contributed by atoms with van der Waals surface area (Å²) in [4.78, 5) is 32.9. The number of aromatic nitrogens is 1. The van der Waals surface area contributed by atoms with Gasteiger partial charge in [0.25, 0.3) is 0 Å². The Hall–Kier alpha value is -2.62. The summed E-state index contributed by atoms with van der Waals surface area (Å²) in [6, 6.07) is 3.78. The summed E-state index contributed by atoms with van der Waals surface area (Å²) in [6.07, 6.45) is 1.54. The fourth-order valence-corrected chi connectivity index (χ4v) is 6.61. The molecule has 2 aliphatic carbocycles. The van der Waals surface area contributed by atoms with Gasteiger partial charge in [-0.3, -0.25) is 4.79 Å². The average molecular weight is 567 g/mol. The Morgan fingerprint density at radius 1 is 1.05 bits per heavy atom. The van der Waals surface area contributed by atoms with Gasteiger partial charge in [-0.15, -0.1) is 11.3 Å². The monoisotopic (exact) mass is 566 g/mol. The molecule has 2 saturated carbocycles. The number of hydrogen-bond acceptors (Lipinski definition) is 5. The van der Waals surface area contributed by atoms with Crippen LogP contribution in [0.2, 0.25) is 0 Å². The highest BCUT2D eigenvalue weighted by Crippen LogP contribution is 2.42. The number of rotatable bonds is 6. The van der Waals surface area contributed by atoms with Crippen LogP contribution in [0.3, 0.4) is 0 Å². The highest BCUT2D eigenvalue weighted by molar-refractivity contribution is 7.14. The third kappa shape index (κ3) is 6.76. The highest BCUT2D eigenvalue weighted by Gasteiger charge is 2.40. The number of alkyl halides is 3. The van der Waals surface area contributed by atoms with Crippen LogP contribution in [0.4, 0.5) is 18.9 Å². The van der Waals surface area contributed by atoms with Crippen LogP contribution in [0.5, 0.6) is 5.88 Å². The van der Waals surface area contributed by atoms with E-state index in [1.165, 1.54) is 23.6 Å². The van der Waals surface area contributed by atoms with Gasteiger partial charge in [0.15, 0.2) is 0 Å². The molecule has 0 bridgehead atoms. The highest BCUT2D eigenvalue weighted by atomic mass is 32.1. The van der Waals surface area contributed by atoms with Crippen molar-refractivity contribution < 1.29 is 32.6 Å². The maximum absolute atomic E-state index is 14.0. The number of carboxylic acids is 1. The molecule has 1 amide bonds. The topological polar surface area (TPSA) is 79.7 Å². The first-order valence-electron chi connectivity index (χ1n) is 13.6. The summed E-state index contributed by atoms with van der Waals surface area (Å²) >= 11 is 1.20. The lowest BCUT2D eigenvalue weighted by atomic mass is 9.81. The van der Waals surface area contributed by atoms with Gasteiger partial charge in [0.05, 0.1) is 5.69 Å². The van der Waals surface area contributed by atoms with E-state index in [9.17, 15) is 27.9 Å². The molecule has 1 N–H and O–H groups in total. The van der Waals surface area contributed by atoms with Crippen molar-refractivity contribution in [3.05, 3.63) is 39.7 Å². The predicted molar refractivity (Wildman–Crippen MR) is 144 cm³/mol. The lowest BCUT2D eigenvalue weighted by Crippen LogP contribution is -2.47. The molecule has 2 heterocycles. The van der Waals surface area contributed by atoms with Crippen molar-refractivity contribution in [1.29, 1.82) is 0 Å². The third-order valence-corrected chi connectivity index (χ3v) is 9.41. The van der Waals surface area contributed by atoms with Gasteiger partial charge in [-0.05, 0) is 80.9 Å². The number of anilines is 1. The van der Waals surface area contributed by atoms with Crippen molar-refractivity contribution in [2.45, 2.75) is 103 Å². The average Bonchev–Trinajstić information content (AvgIpc) is 3.31. The number of amides is 1. The van der Waals surface area contributed by atoms with Crippen LogP contribution in [0.1, 0.15) is 99.2 Å². The van der Waals surface area contributed by atoms with Crippen molar-refractivity contribution in [2.24, 2.45) is 11.8 Å². The van der Waals surface area contributed by atoms with Gasteiger partial charge in [0.1, 0.15) is 16.5 Å². The lowest BCUT2D eigenvalue weighted by Gasteiger charge is -2.39. The zero-order valence-electron chi connectivity index (χ0n) is 22.9. The first-order valence-corrected chi connectivity index (χ1v) is 14.5. The smallest absolute Gasteiger partial charge is 0.421 e. The minimum absolute atomic E-state index is 0.0453. The van der Waals surface area contributed by atoms with Crippen LogP contribution in [0, 0.1) is 11.8 Å². The standard InChI is InChI=1S/C29H37F3N2O4S/c1-17-7-9-18(10-8-17)26(35)34(22-16-23(28(2,3)4)39-24(22)27(36)37)19-11-13-20(14-12-19)38-25-21(29(30,31)32)6-5-15-33-25/h5-6,15-20H,7-14H2,1-4H3,(H,36,37)/t17-,18-,19-,20-. The number of carbonyl (C=O) groups excluding carboxylic acids is 1. The number of ether oxygens (including phenoxy) is 1. The lowest BCUT2D eigenvalue weighted by molar-refractivity contribution is -0.139. The quantitative estimate of drug-likeness (QED) is 0.387. The van der Waals surface area contributed by atoms with Gasteiger partial charge in [0.2, 0.25) is 11.8 Å². The fraction of sp³-hybridized carbons (Fsp3) is 0.621. The van der Waals surface area contributed by atoms with Crippen molar-refractivity contribution in [1.82, 2.24) is 4.98 Å². The van der Waals surface area contributed by atoms with E-state index in [1.54, 1.807) is 4.90 Å². The molecule has 4 rings (SSSR count). The number of pyridine rings is 1. The molecule has 2 fully saturated rings. The third-order valence-electron chi connectivity index (χ3n) is 7.87. The van der Waals surface area contributed by atoms with Crippen molar-refractivity contribution in [2.75, 3.05) is 4.90 Å². The Morgan fingerprint density at radius 3 is 2.26 bits per heavy atom. The van der Waals surface area contributed by atoms with Crippen LogP contribution < -0.4 is 9.64 Å². The molecule has 10 heteroatoms. The Kier molecular flexibility index (Phi) is 8.64. The van der Waals surface area contributed by atoms with E-state index in [0.717, 1.165) is 36.6 Å². The molecule has 0 aliphatic heterocycles. The second kappa shape index (κ2) is 11.5. The molecule has 0 aromatic carbocycles. The zero-order chi connectivity index (χ0) is 28.5. The van der Waals surface area contributed by atoms with Crippen molar-refractivity contribution in [3.8, 4) is 5.88 Å². The predicted octanol–water partition coefficient (Wildman–Crippen LogP) is 7.71. The van der Waals surface area contributed by atoms with E-state index >= 15 is 0 Å². The molecule has 2 aromatic rings. The summed E-state index contributed by atoms with van der Waals surface area (Å²) < 4.78 is 46.0. The van der Waals surface area contributed by atoms with Crippen LogP contribution in [0.15, 0.2) is 24.4 Å². The molecule has 214 valence electrons. The van der Waals surface area contributed by atoms with Crippen LogP contribution in [-0.4, -0.2) is 34.1 Å². The van der Waals surface area contributed by atoms with Gasteiger partial charge in [-0.1, -0.05) is 27.7 Å². The Morgan fingerprint density at radius 2 is 1.69 bits per heavy atom. The second-order valence-corrected chi connectivity index (χ2v) is 13.0. The van der Waals surface area contributed by atoms with Crippen LogP contribution >= 0.6 is 11.3 Å². The fourth-order valence-electron chi connectivity index (χ4n) is 5.56. The summed E-state index contributed by atoms with van der Waals surface area (Å²) in [6.45, 7) is 8.22. The molecule has 39 heavy (non-hydrogen) atoms. The number of thiophene rings is 1.